The average molecular weight is 383 g/mol. The van der Waals surface area contributed by atoms with E-state index in [1.165, 1.54) is 48.0 Å². The Balaban J connectivity index is 1.53. The van der Waals surface area contributed by atoms with Crippen molar-refractivity contribution in [1.29, 1.82) is 0 Å². The molecule has 3 heterocycles. The molecule has 1 amide bonds. The molecule has 2 atom stereocenters. The van der Waals surface area contributed by atoms with E-state index in [0.29, 0.717) is 5.92 Å². The average Bonchev–Trinajstić information content (AvgIpc) is 3.25. The third kappa shape index (κ3) is 3.96. The maximum atomic E-state index is 13.0. The molecule has 5 heteroatoms. The molecular weight excluding hydrogens is 348 g/mol. The predicted octanol–water partition coefficient (Wildman–Crippen LogP) is 2.99. The molecule has 2 unspecified atom stereocenters. The van der Waals surface area contributed by atoms with Crippen LogP contribution in [0.25, 0.3) is 10.9 Å². The second-order valence-electron chi connectivity index (χ2n) is 8.95. The summed E-state index contributed by atoms with van der Waals surface area (Å²) in [5.74, 6) is 0.703. The third-order valence-corrected chi connectivity index (χ3v) is 6.28. The van der Waals surface area contributed by atoms with Crippen LogP contribution in [0.1, 0.15) is 50.3 Å². The number of hydrogen-bond donors (Lipinski definition) is 2. The van der Waals surface area contributed by atoms with Gasteiger partial charge in [-0.1, -0.05) is 26.0 Å². The van der Waals surface area contributed by atoms with Gasteiger partial charge in [0.25, 0.3) is 0 Å². The van der Waals surface area contributed by atoms with Crippen molar-refractivity contribution < 1.29 is 4.79 Å². The summed E-state index contributed by atoms with van der Waals surface area (Å²) < 4.78 is 2.20. The first-order valence-corrected chi connectivity index (χ1v) is 10.9. The molecule has 0 bridgehead atoms. The lowest BCUT2D eigenvalue weighted by Gasteiger charge is -2.25. The summed E-state index contributed by atoms with van der Waals surface area (Å²) >= 11 is 0. The number of hydrogen-bond acceptors (Lipinski definition) is 3. The highest BCUT2D eigenvalue weighted by molar-refractivity contribution is 5.90. The molecule has 1 fully saturated rings. The quantitative estimate of drug-likeness (QED) is 0.808. The van der Waals surface area contributed by atoms with Gasteiger partial charge in [0.15, 0.2) is 0 Å². The molecule has 2 aromatic rings. The number of carbonyl (C=O) groups excluding carboxylic acids is 1. The molecule has 0 radical (unpaired) electrons. The maximum absolute atomic E-state index is 13.0. The molecule has 2 aliphatic heterocycles. The SMILES string of the molecule is CC(C)CC1NC(C(=O)NCCN2CCCC2)Cc2cn(C)c3cccc1c23. The molecule has 2 aliphatic rings. The molecule has 0 spiro atoms. The van der Waals surface area contributed by atoms with Crippen LogP contribution in [0.4, 0.5) is 0 Å². The molecule has 0 saturated carbocycles. The minimum atomic E-state index is -0.180. The van der Waals surface area contributed by atoms with E-state index in [1.54, 1.807) is 0 Å². The van der Waals surface area contributed by atoms with Crippen molar-refractivity contribution in [2.75, 3.05) is 26.2 Å². The second kappa shape index (κ2) is 8.26. The highest BCUT2D eigenvalue weighted by atomic mass is 16.2. The number of aryl methyl sites for hydroxylation is 1. The van der Waals surface area contributed by atoms with Crippen molar-refractivity contribution in [3.8, 4) is 0 Å². The fraction of sp³-hybridized carbons (Fsp3) is 0.609. The lowest BCUT2D eigenvalue weighted by atomic mass is 9.94. The zero-order chi connectivity index (χ0) is 19.7. The van der Waals surface area contributed by atoms with Crippen LogP contribution in [-0.4, -0.2) is 47.6 Å². The summed E-state index contributed by atoms with van der Waals surface area (Å²) in [5, 5.41) is 8.24. The van der Waals surface area contributed by atoms with Crippen LogP contribution in [0.15, 0.2) is 24.4 Å². The molecule has 5 nitrogen and oxygen atoms in total. The van der Waals surface area contributed by atoms with Gasteiger partial charge in [0.2, 0.25) is 5.91 Å². The number of amides is 1. The molecule has 1 saturated heterocycles. The van der Waals surface area contributed by atoms with Crippen LogP contribution in [0.5, 0.6) is 0 Å². The zero-order valence-corrected chi connectivity index (χ0v) is 17.5. The number of aromatic nitrogens is 1. The highest BCUT2D eigenvalue weighted by Gasteiger charge is 2.30. The van der Waals surface area contributed by atoms with E-state index in [-0.39, 0.29) is 18.0 Å². The highest BCUT2D eigenvalue weighted by Crippen LogP contribution is 2.35. The summed E-state index contributed by atoms with van der Waals surface area (Å²) in [6.45, 7) is 8.55. The Labute approximate surface area is 168 Å². The molecule has 0 aliphatic carbocycles. The summed E-state index contributed by atoms with van der Waals surface area (Å²) in [6, 6.07) is 6.60. The Hall–Kier alpha value is -1.85. The van der Waals surface area contributed by atoms with E-state index >= 15 is 0 Å². The fourth-order valence-corrected chi connectivity index (χ4v) is 4.93. The number of likely N-dealkylation sites (tertiary alicyclic amines) is 1. The largest absolute Gasteiger partial charge is 0.353 e. The Morgan fingerprint density at radius 2 is 2.07 bits per heavy atom. The van der Waals surface area contributed by atoms with Crippen molar-refractivity contribution in [3.63, 3.8) is 0 Å². The van der Waals surface area contributed by atoms with Crippen LogP contribution < -0.4 is 10.6 Å². The Morgan fingerprint density at radius 3 is 2.82 bits per heavy atom. The topological polar surface area (TPSA) is 49.3 Å². The van der Waals surface area contributed by atoms with Gasteiger partial charge >= 0.3 is 0 Å². The van der Waals surface area contributed by atoms with Gasteiger partial charge in [-0.15, -0.1) is 0 Å². The van der Waals surface area contributed by atoms with Gasteiger partial charge in [-0.25, -0.2) is 0 Å². The monoisotopic (exact) mass is 382 g/mol. The van der Waals surface area contributed by atoms with E-state index in [1.807, 2.05) is 0 Å². The third-order valence-electron chi connectivity index (χ3n) is 6.28. The Bertz CT molecular complexity index is 834. The van der Waals surface area contributed by atoms with E-state index in [0.717, 1.165) is 25.9 Å². The first-order chi connectivity index (χ1) is 13.5. The molecule has 1 aromatic heterocycles. The number of carbonyl (C=O) groups is 1. The first kappa shape index (κ1) is 19.5. The lowest BCUT2D eigenvalue weighted by molar-refractivity contribution is -0.123. The summed E-state index contributed by atoms with van der Waals surface area (Å²) in [7, 11) is 2.10. The number of rotatable bonds is 6. The van der Waals surface area contributed by atoms with Gasteiger partial charge in [-0.2, -0.15) is 0 Å². The van der Waals surface area contributed by atoms with Crippen LogP contribution in [-0.2, 0) is 18.3 Å². The van der Waals surface area contributed by atoms with Crippen LogP contribution in [0, 0.1) is 5.92 Å². The van der Waals surface area contributed by atoms with E-state index in [4.69, 9.17) is 0 Å². The van der Waals surface area contributed by atoms with Crippen LogP contribution in [0.3, 0.4) is 0 Å². The number of nitrogens with one attached hydrogen (secondary N) is 2. The van der Waals surface area contributed by atoms with Crippen molar-refractivity contribution in [2.24, 2.45) is 13.0 Å². The predicted molar refractivity (Wildman–Crippen MR) is 114 cm³/mol. The Kier molecular flexibility index (Phi) is 5.74. The van der Waals surface area contributed by atoms with Gasteiger partial charge < -0.3 is 14.8 Å². The fourth-order valence-electron chi connectivity index (χ4n) is 4.93. The summed E-state index contributed by atoms with van der Waals surface area (Å²) in [5.41, 5.74) is 3.89. The normalized spacial score (nSPS) is 22.7. The molecule has 2 N–H and O–H groups in total. The molecule has 4 rings (SSSR count). The number of nitrogens with zero attached hydrogens (tertiary/aromatic N) is 2. The minimum Gasteiger partial charge on any atom is -0.353 e. The first-order valence-electron chi connectivity index (χ1n) is 10.9. The standard InChI is InChI=1S/C23H34N4O/c1-16(2)13-19-18-7-6-8-21-22(18)17(15-26(21)3)14-20(25-19)23(28)24-9-12-27-10-4-5-11-27/h6-8,15-16,19-20,25H,4-5,9-14H2,1-3H3,(H,24,28). The maximum Gasteiger partial charge on any atom is 0.237 e. The second-order valence-corrected chi connectivity index (χ2v) is 8.95. The smallest absolute Gasteiger partial charge is 0.237 e. The summed E-state index contributed by atoms with van der Waals surface area (Å²) in [4.78, 5) is 15.5. The molecule has 152 valence electrons. The van der Waals surface area contributed by atoms with Gasteiger partial charge in [0.05, 0.1) is 6.04 Å². The lowest BCUT2D eigenvalue weighted by Crippen LogP contribution is -2.47. The van der Waals surface area contributed by atoms with E-state index in [9.17, 15) is 4.79 Å². The van der Waals surface area contributed by atoms with Gasteiger partial charge in [0, 0.05) is 43.3 Å². The molecule has 1 aromatic carbocycles. The molecular formula is C23H34N4O. The van der Waals surface area contributed by atoms with Crippen molar-refractivity contribution in [1.82, 2.24) is 20.1 Å². The van der Waals surface area contributed by atoms with Gasteiger partial charge in [0.1, 0.15) is 0 Å². The van der Waals surface area contributed by atoms with Crippen molar-refractivity contribution in [2.45, 2.75) is 51.6 Å². The van der Waals surface area contributed by atoms with Crippen LogP contribution >= 0.6 is 0 Å². The van der Waals surface area contributed by atoms with Crippen molar-refractivity contribution >= 4 is 16.8 Å². The minimum absolute atomic E-state index is 0.137. The Morgan fingerprint density at radius 1 is 1.29 bits per heavy atom. The van der Waals surface area contributed by atoms with Gasteiger partial charge in [-0.05, 0) is 61.9 Å². The van der Waals surface area contributed by atoms with E-state index < -0.39 is 0 Å². The molecule has 28 heavy (non-hydrogen) atoms. The van der Waals surface area contributed by atoms with Crippen LogP contribution in [0.2, 0.25) is 0 Å². The van der Waals surface area contributed by atoms with Gasteiger partial charge in [-0.3, -0.25) is 10.1 Å². The van der Waals surface area contributed by atoms with E-state index in [2.05, 4.69) is 65.4 Å². The number of benzene rings is 1. The van der Waals surface area contributed by atoms with Crippen molar-refractivity contribution in [3.05, 3.63) is 35.5 Å². The zero-order valence-electron chi connectivity index (χ0n) is 17.5. The summed E-state index contributed by atoms with van der Waals surface area (Å²) in [6.07, 6.45) is 6.57.